The molecule has 0 spiro atoms. The summed E-state index contributed by atoms with van der Waals surface area (Å²) in [4.78, 5) is 16.2. The Morgan fingerprint density at radius 1 is 1.45 bits per heavy atom. The molecule has 0 amide bonds. The van der Waals surface area contributed by atoms with Crippen LogP contribution in [0.25, 0.3) is 0 Å². The van der Waals surface area contributed by atoms with Crippen LogP contribution in [-0.4, -0.2) is 35.3 Å². The SMILES string of the molecule is CCOC(=O)c1nc(CC)n(CC2CCOCC2)c1N. The molecule has 1 fully saturated rings. The summed E-state index contributed by atoms with van der Waals surface area (Å²) in [6.45, 7) is 6.50. The minimum Gasteiger partial charge on any atom is -0.461 e. The highest BCUT2D eigenvalue weighted by Gasteiger charge is 2.23. The number of carbonyl (C=O) groups is 1. The van der Waals surface area contributed by atoms with E-state index >= 15 is 0 Å². The average Bonchev–Trinajstić information content (AvgIpc) is 2.77. The van der Waals surface area contributed by atoms with Gasteiger partial charge in [-0.3, -0.25) is 0 Å². The van der Waals surface area contributed by atoms with Gasteiger partial charge in [0.15, 0.2) is 5.69 Å². The third-order valence-electron chi connectivity index (χ3n) is 3.65. The number of ether oxygens (including phenoxy) is 2. The molecule has 2 heterocycles. The lowest BCUT2D eigenvalue weighted by atomic mass is 10.0. The van der Waals surface area contributed by atoms with Crippen molar-refractivity contribution in [2.75, 3.05) is 25.6 Å². The minimum absolute atomic E-state index is 0.246. The van der Waals surface area contributed by atoms with E-state index in [-0.39, 0.29) is 5.69 Å². The van der Waals surface area contributed by atoms with Crippen molar-refractivity contribution in [3.63, 3.8) is 0 Å². The predicted molar refractivity (Wildman–Crippen MR) is 75.5 cm³/mol. The molecule has 1 saturated heterocycles. The summed E-state index contributed by atoms with van der Waals surface area (Å²) in [6, 6.07) is 0. The maximum absolute atomic E-state index is 11.8. The van der Waals surface area contributed by atoms with Crippen molar-refractivity contribution < 1.29 is 14.3 Å². The van der Waals surface area contributed by atoms with Gasteiger partial charge in [-0.1, -0.05) is 6.92 Å². The third kappa shape index (κ3) is 3.12. The van der Waals surface area contributed by atoms with E-state index in [9.17, 15) is 4.79 Å². The van der Waals surface area contributed by atoms with E-state index in [1.807, 2.05) is 11.5 Å². The number of hydrogen-bond acceptors (Lipinski definition) is 5. The third-order valence-corrected chi connectivity index (χ3v) is 3.65. The average molecular weight is 281 g/mol. The van der Waals surface area contributed by atoms with Gasteiger partial charge in [0.1, 0.15) is 11.6 Å². The minimum atomic E-state index is -0.439. The van der Waals surface area contributed by atoms with Crippen molar-refractivity contribution in [3.05, 3.63) is 11.5 Å². The number of imidazole rings is 1. The number of nitrogens with zero attached hydrogens (tertiary/aromatic N) is 2. The van der Waals surface area contributed by atoms with Crippen LogP contribution in [-0.2, 0) is 22.4 Å². The molecule has 1 aliphatic rings. The summed E-state index contributed by atoms with van der Waals surface area (Å²) in [6.07, 6.45) is 2.79. The van der Waals surface area contributed by atoms with Gasteiger partial charge in [0.05, 0.1) is 6.61 Å². The Morgan fingerprint density at radius 3 is 2.75 bits per heavy atom. The van der Waals surface area contributed by atoms with Crippen LogP contribution in [0.15, 0.2) is 0 Å². The molecular formula is C14H23N3O3. The largest absolute Gasteiger partial charge is 0.461 e. The van der Waals surface area contributed by atoms with Crippen LogP contribution >= 0.6 is 0 Å². The zero-order valence-corrected chi connectivity index (χ0v) is 12.2. The fourth-order valence-corrected chi connectivity index (χ4v) is 2.52. The van der Waals surface area contributed by atoms with Crippen molar-refractivity contribution >= 4 is 11.8 Å². The Hall–Kier alpha value is -1.56. The second kappa shape index (κ2) is 6.74. The molecule has 6 heteroatoms. The molecule has 0 unspecified atom stereocenters. The molecule has 0 atom stereocenters. The van der Waals surface area contributed by atoms with Crippen molar-refractivity contribution in [2.45, 2.75) is 39.7 Å². The Morgan fingerprint density at radius 2 is 2.15 bits per heavy atom. The van der Waals surface area contributed by atoms with Gasteiger partial charge >= 0.3 is 5.97 Å². The normalized spacial score (nSPS) is 16.3. The van der Waals surface area contributed by atoms with E-state index in [2.05, 4.69) is 4.98 Å². The number of nitrogen functional groups attached to an aromatic ring is 1. The molecule has 20 heavy (non-hydrogen) atoms. The second-order valence-electron chi connectivity index (χ2n) is 5.00. The molecule has 0 aliphatic carbocycles. The number of esters is 1. The molecule has 112 valence electrons. The first kappa shape index (κ1) is 14.8. The van der Waals surface area contributed by atoms with Crippen LogP contribution in [0.2, 0.25) is 0 Å². The first-order chi connectivity index (χ1) is 9.67. The molecule has 0 bridgehead atoms. The lowest BCUT2D eigenvalue weighted by Gasteiger charge is -2.23. The van der Waals surface area contributed by atoms with Gasteiger partial charge in [0.2, 0.25) is 0 Å². The van der Waals surface area contributed by atoms with Crippen LogP contribution < -0.4 is 5.73 Å². The zero-order valence-electron chi connectivity index (χ0n) is 12.2. The topological polar surface area (TPSA) is 79.4 Å². The highest BCUT2D eigenvalue weighted by atomic mass is 16.5. The van der Waals surface area contributed by atoms with Gasteiger partial charge in [-0.05, 0) is 25.7 Å². The van der Waals surface area contributed by atoms with Crippen molar-refractivity contribution in [1.29, 1.82) is 0 Å². The van der Waals surface area contributed by atoms with E-state index < -0.39 is 5.97 Å². The Bertz CT molecular complexity index is 464. The highest BCUT2D eigenvalue weighted by Crippen LogP contribution is 2.23. The van der Waals surface area contributed by atoms with E-state index in [1.165, 1.54) is 0 Å². The molecule has 1 aromatic heterocycles. The Labute approximate surface area is 119 Å². The molecule has 2 N–H and O–H groups in total. The summed E-state index contributed by atoms with van der Waals surface area (Å²) in [5.74, 6) is 1.36. The van der Waals surface area contributed by atoms with Gasteiger partial charge in [0, 0.05) is 26.2 Å². The zero-order chi connectivity index (χ0) is 14.5. The van der Waals surface area contributed by atoms with Gasteiger partial charge < -0.3 is 19.8 Å². The van der Waals surface area contributed by atoms with Gasteiger partial charge in [-0.15, -0.1) is 0 Å². The number of nitrogens with two attached hydrogens (primary N) is 1. The van der Waals surface area contributed by atoms with E-state index in [4.69, 9.17) is 15.2 Å². The monoisotopic (exact) mass is 281 g/mol. The quantitative estimate of drug-likeness (QED) is 0.830. The van der Waals surface area contributed by atoms with Crippen LogP contribution in [0, 0.1) is 5.92 Å². The standard InChI is InChI=1S/C14H23N3O3/c1-3-11-16-12(14(18)20-4-2)13(15)17(11)9-10-5-7-19-8-6-10/h10H,3-9,15H2,1-2H3. The van der Waals surface area contributed by atoms with Crippen LogP contribution in [0.4, 0.5) is 5.82 Å². The highest BCUT2D eigenvalue weighted by molar-refractivity contribution is 5.92. The van der Waals surface area contributed by atoms with Crippen molar-refractivity contribution in [2.24, 2.45) is 5.92 Å². The molecule has 6 nitrogen and oxygen atoms in total. The van der Waals surface area contributed by atoms with Crippen molar-refractivity contribution in [1.82, 2.24) is 9.55 Å². The summed E-state index contributed by atoms with van der Waals surface area (Å²) in [5, 5.41) is 0. The number of carbonyl (C=O) groups excluding carboxylic acids is 1. The summed E-state index contributed by atoms with van der Waals surface area (Å²) < 4.78 is 12.3. The molecule has 2 rings (SSSR count). The summed E-state index contributed by atoms with van der Waals surface area (Å²) in [5.41, 5.74) is 6.34. The molecule has 1 aromatic rings. The number of aromatic nitrogens is 2. The fourth-order valence-electron chi connectivity index (χ4n) is 2.52. The number of anilines is 1. The van der Waals surface area contributed by atoms with E-state index in [0.29, 0.717) is 18.3 Å². The Balaban J connectivity index is 2.20. The number of hydrogen-bond donors (Lipinski definition) is 1. The second-order valence-corrected chi connectivity index (χ2v) is 5.00. The maximum atomic E-state index is 11.8. The molecule has 0 aromatic carbocycles. The molecular weight excluding hydrogens is 258 g/mol. The number of aryl methyl sites for hydroxylation is 1. The molecule has 1 aliphatic heterocycles. The van der Waals surface area contributed by atoms with Crippen LogP contribution in [0.3, 0.4) is 0 Å². The first-order valence-corrected chi connectivity index (χ1v) is 7.27. The lowest BCUT2D eigenvalue weighted by Crippen LogP contribution is -2.22. The maximum Gasteiger partial charge on any atom is 0.360 e. The fraction of sp³-hybridized carbons (Fsp3) is 0.714. The van der Waals surface area contributed by atoms with Crippen LogP contribution in [0.1, 0.15) is 43.0 Å². The van der Waals surface area contributed by atoms with Gasteiger partial charge in [-0.25, -0.2) is 9.78 Å². The lowest BCUT2D eigenvalue weighted by molar-refractivity contribution is 0.0520. The van der Waals surface area contributed by atoms with E-state index in [1.54, 1.807) is 6.92 Å². The van der Waals surface area contributed by atoms with Crippen LogP contribution in [0.5, 0.6) is 0 Å². The molecule has 0 saturated carbocycles. The van der Waals surface area contributed by atoms with Gasteiger partial charge in [0.25, 0.3) is 0 Å². The predicted octanol–water partition coefficient (Wildman–Crippen LogP) is 1.63. The first-order valence-electron chi connectivity index (χ1n) is 7.27. The summed E-state index contributed by atoms with van der Waals surface area (Å²) in [7, 11) is 0. The molecule has 0 radical (unpaired) electrons. The van der Waals surface area contributed by atoms with E-state index in [0.717, 1.165) is 44.8 Å². The Kier molecular flexibility index (Phi) is 5.00. The summed E-state index contributed by atoms with van der Waals surface area (Å²) >= 11 is 0. The van der Waals surface area contributed by atoms with Gasteiger partial charge in [-0.2, -0.15) is 0 Å². The number of rotatable bonds is 5. The smallest absolute Gasteiger partial charge is 0.360 e. The van der Waals surface area contributed by atoms with Crippen molar-refractivity contribution in [3.8, 4) is 0 Å².